The highest BCUT2D eigenvalue weighted by Crippen LogP contribution is 2.32. The van der Waals surface area contributed by atoms with Crippen LogP contribution < -0.4 is 24.9 Å². The fourth-order valence-corrected chi connectivity index (χ4v) is 5.73. The first-order valence-electron chi connectivity index (χ1n) is 11.9. The van der Waals surface area contributed by atoms with Crippen LogP contribution in [0, 0.1) is 0 Å². The van der Waals surface area contributed by atoms with Crippen molar-refractivity contribution in [1.82, 2.24) is 4.57 Å². The van der Waals surface area contributed by atoms with E-state index in [0.29, 0.717) is 54.3 Å². The Morgan fingerprint density at radius 1 is 1.08 bits per heavy atom. The molecule has 192 valence electrons. The van der Waals surface area contributed by atoms with E-state index < -0.39 is 6.04 Å². The molecule has 0 unspecified atom stereocenters. The summed E-state index contributed by atoms with van der Waals surface area (Å²) >= 11 is 13.8. The van der Waals surface area contributed by atoms with Crippen LogP contribution in [0.25, 0.3) is 6.08 Å². The zero-order chi connectivity index (χ0) is 26.8. The SMILES string of the molecule is CCOc1ccc([C@H]2C(C(=O)Nc3ccccc3)=C(C)N=c3s/c(=C\c4cccc(Cl)c4Cl)c(=O)n32)cc1. The minimum absolute atomic E-state index is 0.277. The third-order valence-corrected chi connectivity index (χ3v) is 7.89. The molecule has 0 spiro atoms. The van der Waals surface area contributed by atoms with Gasteiger partial charge in [-0.25, -0.2) is 4.99 Å². The number of thiazole rings is 1. The molecule has 0 radical (unpaired) electrons. The van der Waals surface area contributed by atoms with E-state index in [1.165, 1.54) is 11.3 Å². The average Bonchev–Trinajstić information content (AvgIpc) is 3.21. The Kier molecular flexibility index (Phi) is 7.51. The van der Waals surface area contributed by atoms with E-state index in [0.717, 1.165) is 5.56 Å². The Morgan fingerprint density at radius 2 is 1.82 bits per heavy atom. The van der Waals surface area contributed by atoms with E-state index in [1.807, 2.05) is 61.5 Å². The maximum Gasteiger partial charge on any atom is 0.271 e. The lowest BCUT2D eigenvalue weighted by molar-refractivity contribution is -0.113. The molecule has 0 aliphatic carbocycles. The van der Waals surface area contributed by atoms with Crippen LogP contribution in [0.3, 0.4) is 0 Å². The monoisotopic (exact) mass is 563 g/mol. The summed E-state index contributed by atoms with van der Waals surface area (Å²) in [6, 6.07) is 21.2. The first-order valence-corrected chi connectivity index (χ1v) is 13.5. The van der Waals surface area contributed by atoms with Crippen molar-refractivity contribution in [2.24, 2.45) is 4.99 Å². The molecule has 1 amide bonds. The number of aromatic nitrogens is 1. The maximum absolute atomic E-state index is 13.8. The maximum atomic E-state index is 13.8. The molecule has 9 heteroatoms. The lowest BCUT2D eigenvalue weighted by atomic mass is 9.95. The number of anilines is 1. The number of carbonyl (C=O) groups excluding carboxylic acids is 1. The number of hydrogen-bond donors (Lipinski definition) is 1. The predicted octanol–water partition coefficient (Wildman–Crippen LogP) is 5.58. The second-order valence-corrected chi connectivity index (χ2v) is 10.3. The fourth-order valence-electron chi connectivity index (χ4n) is 4.33. The van der Waals surface area contributed by atoms with Crippen molar-refractivity contribution in [2.45, 2.75) is 19.9 Å². The van der Waals surface area contributed by atoms with Crippen LogP contribution >= 0.6 is 34.5 Å². The molecule has 5 rings (SSSR count). The number of halogens is 2. The Bertz CT molecular complexity index is 1730. The van der Waals surface area contributed by atoms with Gasteiger partial charge in [-0.1, -0.05) is 77.0 Å². The molecule has 1 aliphatic heterocycles. The van der Waals surface area contributed by atoms with Gasteiger partial charge in [0, 0.05) is 5.69 Å². The zero-order valence-corrected chi connectivity index (χ0v) is 22.9. The second-order valence-electron chi connectivity index (χ2n) is 8.55. The molecule has 0 saturated heterocycles. The number of nitrogens with one attached hydrogen (secondary N) is 1. The third kappa shape index (κ3) is 5.05. The highest BCUT2D eigenvalue weighted by molar-refractivity contribution is 7.07. The van der Waals surface area contributed by atoms with E-state index in [9.17, 15) is 9.59 Å². The number of hydrogen-bond acceptors (Lipinski definition) is 5. The van der Waals surface area contributed by atoms with Gasteiger partial charge in [-0.3, -0.25) is 14.2 Å². The Hall–Kier alpha value is -3.65. The zero-order valence-electron chi connectivity index (χ0n) is 20.6. The summed E-state index contributed by atoms with van der Waals surface area (Å²) in [5.41, 5.74) is 2.68. The van der Waals surface area contributed by atoms with E-state index in [-0.39, 0.29) is 11.5 Å². The van der Waals surface area contributed by atoms with Crippen LogP contribution in [0.1, 0.15) is 31.0 Å². The molecule has 1 aliphatic rings. The molecule has 0 bridgehead atoms. The van der Waals surface area contributed by atoms with Gasteiger partial charge in [-0.2, -0.15) is 0 Å². The van der Waals surface area contributed by atoms with E-state index in [1.54, 1.807) is 35.8 Å². The summed E-state index contributed by atoms with van der Waals surface area (Å²) < 4.78 is 7.60. The number of para-hydroxylation sites is 1. The number of benzene rings is 3. The molecule has 1 N–H and O–H groups in total. The van der Waals surface area contributed by atoms with Gasteiger partial charge in [0.05, 0.1) is 38.5 Å². The number of fused-ring (bicyclic) bond motifs is 1. The molecule has 38 heavy (non-hydrogen) atoms. The summed E-state index contributed by atoms with van der Waals surface area (Å²) in [4.78, 5) is 32.6. The molecule has 1 atom stereocenters. The van der Waals surface area contributed by atoms with Crippen LogP contribution in [0.2, 0.25) is 10.0 Å². The van der Waals surface area contributed by atoms with Gasteiger partial charge >= 0.3 is 0 Å². The number of nitrogens with zero attached hydrogens (tertiary/aromatic N) is 2. The number of ether oxygens (including phenoxy) is 1. The average molecular weight is 564 g/mol. The molecule has 2 heterocycles. The van der Waals surface area contributed by atoms with Gasteiger partial charge in [0.2, 0.25) is 0 Å². The van der Waals surface area contributed by atoms with E-state index >= 15 is 0 Å². The minimum Gasteiger partial charge on any atom is -0.494 e. The minimum atomic E-state index is -0.692. The van der Waals surface area contributed by atoms with Crippen LogP contribution in [0.15, 0.2) is 93.9 Å². The van der Waals surface area contributed by atoms with Gasteiger partial charge in [0.15, 0.2) is 4.80 Å². The van der Waals surface area contributed by atoms with Crippen molar-refractivity contribution in [1.29, 1.82) is 0 Å². The van der Waals surface area contributed by atoms with Crippen molar-refractivity contribution in [3.63, 3.8) is 0 Å². The van der Waals surface area contributed by atoms with Gasteiger partial charge in [0.1, 0.15) is 5.75 Å². The van der Waals surface area contributed by atoms with Crippen molar-refractivity contribution in [3.8, 4) is 5.75 Å². The first kappa shape index (κ1) is 26.0. The predicted molar refractivity (Wildman–Crippen MR) is 153 cm³/mol. The largest absolute Gasteiger partial charge is 0.494 e. The van der Waals surface area contributed by atoms with Crippen LogP contribution in [-0.4, -0.2) is 17.1 Å². The summed E-state index contributed by atoms with van der Waals surface area (Å²) in [7, 11) is 0. The Morgan fingerprint density at radius 3 is 2.53 bits per heavy atom. The molecular formula is C29H23Cl2N3O3S. The molecular weight excluding hydrogens is 541 g/mol. The number of rotatable bonds is 6. The number of allylic oxidation sites excluding steroid dienone is 1. The molecule has 4 aromatic rings. The van der Waals surface area contributed by atoms with Crippen LogP contribution in [0.5, 0.6) is 5.75 Å². The summed E-state index contributed by atoms with van der Waals surface area (Å²) in [6.07, 6.45) is 1.70. The Balaban J connectivity index is 1.68. The van der Waals surface area contributed by atoms with Crippen LogP contribution in [0.4, 0.5) is 5.69 Å². The molecule has 1 aromatic heterocycles. The molecule has 3 aromatic carbocycles. The smallest absolute Gasteiger partial charge is 0.271 e. The standard InChI is InChI=1S/C29H23Cl2N3O3S/c1-3-37-21-14-12-18(13-15-21)26-24(27(35)33-20-9-5-4-6-10-20)17(2)32-29-34(26)28(36)23(38-29)16-19-8-7-11-22(30)25(19)31/h4-16,26H,3H2,1-2H3,(H,33,35)/b23-16-/t26-/m0/s1. The van der Waals surface area contributed by atoms with Gasteiger partial charge in [-0.05, 0) is 61.4 Å². The van der Waals surface area contributed by atoms with Gasteiger partial charge in [-0.15, -0.1) is 0 Å². The van der Waals surface area contributed by atoms with Crippen molar-refractivity contribution in [2.75, 3.05) is 11.9 Å². The van der Waals surface area contributed by atoms with Crippen molar-refractivity contribution in [3.05, 3.63) is 125 Å². The normalized spacial score (nSPS) is 15.2. The van der Waals surface area contributed by atoms with Crippen LogP contribution in [-0.2, 0) is 4.79 Å². The molecule has 6 nitrogen and oxygen atoms in total. The lowest BCUT2D eigenvalue weighted by Crippen LogP contribution is -2.40. The number of amides is 1. The summed E-state index contributed by atoms with van der Waals surface area (Å²) in [6.45, 7) is 4.23. The van der Waals surface area contributed by atoms with Crippen molar-refractivity contribution >= 4 is 52.2 Å². The highest BCUT2D eigenvalue weighted by atomic mass is 35.5. The second kappa shape index (κ2) is 11.0. The lowest BCUT2D eigenvalue weighted by Gasteiger charge is -2.25. The Labute approximate surface area is 233 Å². The first-order chi connectivity index (χ1) is 18.4. The van der Waals surface area contributed by atoms with Gasteiger partial charge < -0.3 is 10.1 Å². The number of carbonyl (C=O) groups is 1. The van der Waals surface area contributed by atoms with Gasteiger partial charge in [0.25, 0.3) is 11.5 Å². The third-order valence-electron chi connectivity index (χ3n) is 6.07. The quantitative estimate of drug-likeness (QED) is 0.333. The highest BCUT2D eigenvalue weighted by Gasteiger charge is 2.32. The van der Waals surface area contributed by atoms with Crippen molar-refractivity contribution < 1.29 is 9.53 Å². The topological polar surface area (TPSA) is 72.7 Å². The van der Waals surface area contributed by atoms with E-state index in [2.05, 4.69) is 10.3 Å². The molecule has 0 saturated carbocycles. The van der Waals surface area contributed by atoms with E-state index in [4.69, 9.17) is 27.9 Å². The fraction of sp³-hybridized carbons (Fsp3) is 0.138. The molecule has 0 fully saturated rings. The summed E-state index contributed by atoms with van der Waals surface area (Å²) in [5, 5.41) is 3.71. The summed E-state index contributed by atoms with van der Waals surface area (Å²) in [5.74, 6) is 0.374.